The van der Waals surface area contributed by atoms with Crippen molar-refractivity contribution in [2.75, 3.05) is 25.5 Å². The van der Waals surface area contributed by atoms with E-state index < -0.39 is 11.9 Å². The van der Waals surface area contributed by atoms with Gasteiger partial charge in [-0.3, -0.25) is 4.79 Å². The molecular formula is C12H17FN2O2. The molecule has 0 fully saturated rings. The summed E-state index contributed by atoms with van der Waals surface area (Å²) in [7, 11) is 3.22. The van der Waals surface area contributed by atoms with Crippen LogP contribution in [0.3, 0.4) is 0 Å². The molecule has 2 N–H and O–H groups in total. The molecule has 5 heteroatoms. The Balaban J connectivity index is 3.04. The van der Waals surface area contributed by atoms with Gasteiger partial charge >= 0.3 is 0 Å². The van der Waals surface area contributed by atoms with Gasteiger partial charge in [0.15, 0.2) is 0 Å². The maximum atomic E-state index is 13.6. The predicted octanol–water partition coefficient (Wildman–Crippen LogP) is 1.06. The fourth-order valence-electron chi connectivity index (χ4n) is 1.65. The van der Waals surface area contributed by atoms with Crippen LogP contribution in [-0.4, -0.2) is 31.7 Å². The highest BCUT2D eigenvalue weighted by atomic mass is 19.1. The van der Waals surface area contributed by atoms with Gasteiger partial charge in [0.2, 0.25) is 5.91 Å². The zero-order valence-corrected chi connectivity index (χ0v) is 10.2. The van der Waals surface area contributed by atoms with E-state index in [2.05, 4.69) is 5.32 Å². The summed E-state index contributed by atoms with van der Waals surface area (Å²) in [6.07, 6.45) is -0.918. The van der Waals surface area contributed by atoms with E-state index in [9.17, 15) is 14.3 Å². The summed E-state index contributed by atoms with van der Waals surface area (Å²) in [6.45, 7) is 1.61. The molecule has 0 saturated heterocycles. The van der Waals surface area contributed by atoms with Crippen LogP contribution < -0.4 is 10.2 Å². The number of halogens is 1. The lowest BCUT2D eigenvalue weighted by Crippen LogP contribution is -2.33. The Labute approximate surface area is 100 Å². The normalized spacial score (nSPS) is 12.1. The first-order valence-electron chi connectivity index (χ1n) is 5.35. The highest BCUT2D eigenvalue weighted by Gasteiger charge is 2.17. The van der Waals surface area contributed by atoms with Crippen LogP contribution >= 0.6 is 0 Å². The second-order valence-corrected chi connectivity index (χ2v) is 3.88. The number of aliphatic hydroxyl groups excluding tert-OH is 1. The lowest BCUT2D eigenvalue weighted by Gasteiger charge is -2.23. The average Bonchev–Trinajstić information content (AvgIpc) is 2.27. The van der Waals surface area contributed by atoms with E-state index in [1.54, 1.807) is 24.1 Å². The molecule has 0 aliphatic rings. The molecular weight excluding hydrogens is 223 g/mol. The quantitative estimate of drug-likeness (QED) is 0.827. The summed E-state index contributed by atoms with van der Waals surface area (Å²) in [5, 5.41) is 12.1. The molecule has 0 bridgehead atoms. The molecule has 0 unspecified atom stereocenters. The molecule has 1 rings (SSSR count). The molecule has 1 atom stereocenters. The van der Waals surface area contributed by atoms with Crippen molar-refractivity contribution in [3.8, 4) is 0 Å². The van der Waals surface area contributed by atoms with Crippen LogP contribution in [0, 0.1) is 5.82 Å². The summed E-state index contributed by atoms with van der Waals surface area (Å²) in [4.78, 5) is 12.9. The summed E-state index contributed by atoms with van der Waals surface area (Å²) < 4.78 is 13.6. The van der Waals surface area contributed by atoms with E-state index in [-0.39, 0.29) is 18.0 Å². The van der Waals surface area contributed by atoms with Crippen molar-refractivity contribution < 1.29 is 14.3 Å². The fourth-order valence-corrected chi connectivity index (χ4v) is 1.65. The van der Waals surface area contributed by atoms with Gasteiger partial charge in [-0.1, -0.05) is 6.07 Å². The largest absolute Gasteiger partial charge is 0.389 e. The predicted molar refractivity (Wildman–Crippen MR) is 64.4 cm³/mol. The summed E-state index contributed by atoms with van der Waals surface area (Å²) in [6, 6.07) is 4.52. The number of carbonyl (C=O) groups is 1. The van der Waals surface area contributed by atoms with E-state index in [0.717, 1.165) is 0 Å². The number of aliphatic hydroxyl groups is 1. The van der Waals surface area contributed by atoms with E-state index in [0.29, 0.717) is 5.69 Å². The first kappa shape index (κ1) is 13.4. The van der Waals surface area contributed by atoms with Gasteiger partial charge in [0.1, 0.15) is 5.82 Å². The fraction of sp³-hybridized carbons (Fsp3) is 0.417. The van der Waals surface area contributed by atoms with Crippen molar-refractivity contribution >= 4 is 11.6 Å². The van der Waals surface area contributed by atoms with E-state index in [4.69, 9.17) is 0 Å². The molecule has 0 aliphatic heterocycles. The van der Waals surface area contributed by atoms with Gasteiger partial charge in [-0.15, -0.1) is 0 Å². The van der Waals surface area contributed by atoms with E-state index in [1.807, 2.05) is 0 Å². The van der Waals surface area contributed by atoms with Crippen molar-refractivity contribution in [2.24, 2.45) is 0 Å². The van der Waals surface area contributed by atoms with Crippen LogP contribution in [0.1, 0.15) is 18.6 Å². The van der Waals surface area contributed by atoms with Crippen LogP contribution in [0.2, 0.25) is 0 Å². The Morgan fingerprint density at radius 2 is 2.24 bits per heavy atom. The number of hydrogen-bond acceptors (Lipinski definition) is 3. The SMILES string of the molecule is CNC(=O)CN(C)c1cccc(F)c1[C@@H](C)O. The maximum absolute atomic E-state index is 13.6. The molecule has 17 heavy (non-hydrogen) atoms. The van der Waals surface area contributed by atoms with Gasteiger partial charge in [0.05, 0.1) is 12.6 Å². The monoisotopic (exact) mass is 240 g/mol. The van der Waals surface area contributed by atoms with Crippen LogP contribution in [0.15, 0.2) is 18.2 Å². The number of nitrogens with one attached hydrogen (secondary N) is 1. The minimum absolute atomic E-state index is 0.111. The van der Waals surface area contributed by atoms with Crippen molar-refractivity contribution in [1.82, 2.24) is 5.32 Å². The molecule has 0 heterocycles. The Hall–Kier alpha value is -1.62. The van der Waals surface area contributed by atoms with Crippen LogP contribution in [0.25, 0.3) is 0 Å². The van der Waals surface area contributed by atoms with Gasteiger partial charge in [0, 0.05) is 25.3 Å². The second-order valence-electron chi connectivity index (χ2n) is 3.88. The van der Waals surface area contributed by atoms with E-state index in [1.165, 1.54) is 20.0 Å². The molecule has 1 aromatic rings. The smallest absolute Gasteiger partial charge is 0.239 e. The first-order valence-corrected chi connectivity index (χ1v) is 5.35. The molecule has 0 aliphatic carbocycles. The molecule has 0 aromatic heterocycles. The standard InChI is InChI=1S/C12H17FN2O2/c1-8(16)12-9(13)5-4-6-10(12)15(3)7-11(17)14-2/h4-6,8,16H,7H2,1-3H3,(H,14,17)/t8-/m1/s1. The average molecular weight is 240 g/mol. The van der Waals surface area contributed by atoms with Crippen molar-refractivity contribution in [3.05, 3.63) is 29.6 Å². The first-order chi connectivity index (χ1) is 7.97. The van der Waals surface area contributed by atoms with Crippen LogP contribution in [0.5, 0.6) is 0 Å². The lowest BCUT2D eigenvalue weighted by molar-refractivity contribution is -0.119. The number of anilines is 1. The molecule has 94 valence electrons. The van der Waals surface area contributed by atoms with Crippen molar-refractivity contribution in [1.29, 1.82) is 0 Å². The van der Waals surface area contributed by atoms with Gasteiger partial charge in [-0.05, 0) is 19.1 Å². The number of benzene rings is 1. The number of carbonyl (C=O) groups excluding carboxylic acids is 1. The number of rotatable bonds is 4. The topological polar surface area (TPSA) is 52.6 Å². The molecule has 1 amide bonds. The molecule has 4 nitrogen and oxygen atoms in total. The van der Waals surface area contributed by atoms with Gasteiger partial charge in [-0.2, -0.15) is 0 Å². The van der Waals surface area contributed by atoms with Gasteiger partial charge < -0.3 is 15.3 Å². The Bertz CT molecular complexity index is 407. The van der Waals surface area contributed by atoms with Gasteiger partial charge in [-0.25, -0.2) is 4.39 Å². The van der Waals surface area contributed by atoms with Crippen molar-refractivity contribution in [3.63, 3.8) is 0 Å². The number of nitrogens with zero attached hydrogens (tertiary/aromatic N) is 1. The minimum atomic E-state index is -0.918. The number of hydrogen-bond donors (Lipinski definition) is 2. The number of likely N-dealkylation sites (N-methyl/N-ethyl adjacent to an activating group) is 2. The minimum Gasteiger partial charge on any atom is -0.389 e. The summed E-state index contributed by atoms with van der Waals surface area (Å²) >= 11 is 0. The third kappa shape index (κ3) is 3.17. The lowest BCUT2D eigenvalue weighted by atomic mass is 10.1. The maximum Gasteiger partial charge on any atom is 0.239 e. The zero-order chi connectivity index (χ0) is 13.0. The molecule has 1 aromatic carbocycles. The Morgan fingerprint density at radius 1 is 1.59 bits per heavy atom. The molecule has 0 saturated carbocycles. The third-order valence-electron chi connectivity index (χ3n) is 2.52. The zero-order valence-electron chi connectivity index (χ0n) is 10.2. The third-order valence-corrected chi connectivity index (χ3v) is 2.52. The highest BCUT2D eigenvalue weighted by molar-refractivity contribution is 5.81. The summed E-state index contributed by atoms with van der Waals surface area (Å²) in [5.41, 5.74) is 0.725. The van der Waals surface area contributed by atoms with E-state index >= 15 is 0 Å². The molecule has 0 spiro atoms. The van der Waals surface area contributed by atoms with Crippen molar-refractivity contribution in [2.45, 2.75) is 13.0 Å². The van der Waals surface area contributed by atoms with Crippen LogP contribution in [0.4, 0.5) is 10.1 Å². The second kappa shape index (κ2) is 5.63. The van der Waals surface area contributed by atoms with Crippen LogP contribution in [-0.2, 0) is 4.79 Å². The summed E-state index contributed by atoms with van der Waals surface area (Å²) in [5.74, 6) is -0.644. The molecule has 0 radical (unpaired) electrons. The highest BCUT2D eigenvalue weighted by Crippen LogP contribution is 2.27. The van der Waals surface area contributed by atoms with Gasteiger partial charge in [0.25, 0.3) is 0 Å². The number of amides is 1. The Kier molecular flexibility index (Phi) is 4.45. The Morgan fingerprint density at radius 3 is 2.76 bits per heavy atom.